The first-order valence-electron chi connectivity index (χ1n) is 8.88. The average molecular weight is 518 g/mol. The molecule has 0 bridgehead atoms. The summed E-state index contributed by atoms with van der Waals surface area (Å²) in [6, 6.07) is 0. The Balaban J connectivity index is 0.00000385. The zero-order valence-corrected chi connectivity index (χ0v) is 21.0. The molecule has 2 aliphatic rings. The Hall–Kier alpha value is -1.34. The summed E-state index contributed by atoms with van der Waals surface area (Å²) in [5.41, 5.74) is -2.16. The van der Waals surface area contributed by atoms with Crippen LogP contribution in [0.15, 0.2) is 16.4 Å². The van der Waals surface area contributed by atoms with Crippen molar-refractivity contribution in [1.29, 1.82) is 0 Å². The molecule has 33 heavy (non-hydrogen) atoms. The van der Waals surface area contributed by atoms with E-state index in [2.05, 4.69) is 20.8 Å². The molecule has 0 radical (unpaired) electrons. The van der Waals surface area contributed by atoms with Crippen LogP contribution in [-0.2, 0) is 30.4 Å². The molecule has 3 rings (SSSR count). The second-order valence-corrected chi connectivity index (χ2v) is 8.25. The number of halogens is 2. The molecule has 2 amide bonds. The number of nitrogens with zero attached hydrogens (tertiary/aromatic N) is 5. The second-order valence-electron chi connectivity index (χ2n) is 6.33. The average Bonchev–Trinajstić information content (AvgIpc) is 3.20. The van der Waals surface area contributed by atoms with Gasteiger partial charge in [-0.15, -0.1) is 11.7 Å². The molecule has 2 atom stereocenters. The molecule has 0 unspecified atom stereocenters. The number of aliphatic carboxylic acids is 1. The Labute approximate surface area is 215 Å². The fourth-order valence-corrected chi connectivity index (χ4v) is 4.36. The van der Waals surface area contributed by atoms with Crippen molar-refractivity contribution in [3.63, 3.8) is 0 Å². The van der Waals surface area contributed by atoms with Gasteiger partial charge in [-0.2, -0.15) is 8.78 Å². The number of thioether (sulfide) groups is 2. The van der Waals surface area contributed by atoms with Gasteiger partial charge in [-0.1, -0.05) is 23.5 Å². The summed E-state index contributed by atoms with van der Waals surface area (Å²) < 4.78 is 36.6. The van der Waals surface area contributed by atoms with Crippen molar-refractivity contribution < 1.29 is 72.4 Å². The van der Waals surface area contributed by atoms with E-state index in [-0.39, 0.29) is 76.7 Å². The molecule has 0 aromatic carbocycles. The molecule has 2 N–H and O–H groups in total. The molecule has 176 valence electrons. The Bertz CT molecular complexity index is 938. The van der Waals surface area contributed by atoms with Crippen molar-refractivity contribution in [3.8, 4) is 0 Å². The monoisotopic (exact) mass is 518 g/mol. The summed E-state index contributed by atoms with van der Waals surface area (Å²) in [6.07, 6.45) is -1.30. The van der Waals surface area contributed by atoms with Crippen molar-refractivity contribution in [2.24, 2.45) is 0 Å². The van der Waals surface area contributed by atoms with E-state index in [4.69, 9.17) is 9.47 Å². The second kappa shape index (κ2) is 11.9. The van der Waals surface area contributed by atoms with Crippen LogP contribution in [0.5, 0.6) is 0 Å². The van der Waals surface area contributed by atoms with Crippen LogP contribution >= 0.6 is 23.5 Å². The third-order valence-corrected chi connectivity index (χ3v) is 6.20. The van der Waals surface area contributed by atoms with Crippen molar-refractivity contribution in [1.82, 2.24) is 30.4 Å². The summed E-state index contributed by atoms with van der Waals surface area (Å²) in [4.78, 5) is 37.6. The quantitative estimate of drug-likeness (QED) is 0.124. The number of amides is 2. The van der Waals surface area contributed by atoms with Crippen molar-refractivity contribution in [2.45, 2.75) is 29.4 Å². The van der Waals surface area contributed by atoms with Crippen molar-refractivity contribution in [3.05, 3.63) is 11.3 Å². The van der Waals surface area contributed by atoms with Crippen LogP contribution in [-0.4, -0.2) is 97.5 Å². The number of aromatic nitrogens is 4. The smallest absolute Gasteiger partial charge is 0.853 e. The minimum atomic E-state index is -2.78. The Morgan fingerprint density at radius 1 is 1.48 bits per heavy atom. The Kier molecular flexibility index (Phi) is 10.0. The van der Waals surface area contributed by atoms with E-state index < -0.39 is 47.9 Å². The van der Waals surface area contributed by atoms with Crippen molar-refractivity contribution >= 4 is 41.3 Å². The maximum atomic E-state index is 12.8. The number of carboxylic acids is 1. The van der Waals surface area contributed by atoms with Crippen LogP contribution in [0.3, 0.4) is 0 Å². The Morgan fingerprint density at radius 2 is 2.21 bits per heavy atom. The topological polar surface area (TPSA) is 172 Å². The van der Waals surface area contributed by atoms with Gasteiger partial charge in [0.2, 0.25) is 11.1 Å². The maximum Gasteiger partial charge on any atom is 1.00 e. The van der Waals surface area contributed by atoms with Gasteiger partial charge in [-0.05, 0) is 16.0 Å². The first kappa shape index (κ1) is 27.9. The number of β-lactam (4-membered cyclic amide) rings is 1. The van der Waals surface area contributed by atoms with Crippen molar-refractivity contribution in [2.75, 3.05) is 31.8 Å². The standard InChI is InChI=1S/C15H17F2N6O7S2.Na/c1-29-15(18-8(25)6-31-13(16)17)11(28)23-9(10(26)27)7(4-30-12(15)23)5-32-14-19-20-21-22(14)2-3-24;/h12-13H,2-6H2,1H3,(H,18,25)(H,26,27);/q-1;+1/t12-,15+;/m1./s1. The number of nitrogens with one attached hydrogen (secondary N) is 1. The summed E-state index contributed by atoms with van der Waals surface area (Å²) in [5, 5.41) is 33.9. The molecule has 1 aromatic rings. The van der Waals surface area contributed by atoms with E-state index >= 15 is 0 Å². The molecular formula is C15H17F2N6NaO7S2. The molecule has 0 spiro atoms. The van der Waals surface area contributed by atoms with Crippen LogP contribution in [0.25, 0.3) is 0 Å². The molecule has 1 saturated heterocycles. The van der Waals surface area contributed by atoms with E-state index in [9.17, 15) is 33.4 Å². The predicted octanol–water partition coefficient (Wildman–Crippen LogP) is -4.92. The first-order chi connectivity index (χ1) is 15.2. The molecule has 13 nitrogen and oxygen atoms in total. The van der Waals surface area contributed by atoms with Crippen LogP contribution < -0.4 is 40.0 Å². The van der Waals surface area contributed by atoms with Gasteiger partial charge in [0.05, 0.1) is 12.4 Å². The minimum absolute atomic E-state index is 0. The molecule has 0 aliphatic carbocycles. The van der Waals surface area contributed by atoms with Gasteiger partial charge in [0.1, 0.15) is 5.70 Å². The first-order valence-corrected chi connectivity index (χ1v) is 10.9. The normalized spacial score (nSPS) is 22.0. The number of hydrogen-bond donors (Lipinski definition) is 2. The van der Waals surface area contributed by atoms with Gasteiger partial charge in [0.15, 0.2) is 6.23 Å². The number of alkyl halides is 2. The predicted molar refractivity (Wildman–Crippen MR) is 101 cm³/mol. The zero-order chi connectivity index (χ0) is 23.5. The third kappa shape index (κ3) is 5.67. The van der Waals surface area contributed by atoms with Gasteiger partial charge in [-0.25, -0.2) is 9.48 Å². The molecule has 1 aromatic heterocycles. The molecule has 1 fully saturated rings. The number of ether oxygens (including phenoxy) is 2. The number of methoxy groups -OCH3 is 1. The number of carboxylic acid groups (broad SMARTS) is 1. The maximum absolute atomic E-state index is 12.8. The number of carbonyl (C=O) groups is 3. The van der Waals surface area contributed by atoms with E-state index in [0.717, 1.165) is 23.8 Å². The van der Waals surface area contributed by atoms with Gasteiger partial charge in [0.25, 0.3) is 17.4 Å². The van der Waals surface area contributed by atoms with Gasteiger partial charge in [-0.3, -0.25) is 14.5 Å². The molecular weight excluding hydrogens is 501 g/mol. The summed E-state index contributed by atoms with van der Waals surface area (Å²) in [5.74, 6) is -6.61. The number of hydrogen-bond acceptors (Lipinski definition) is 11. The molecule has 18 heteroatoms. The van der Waals surface area contributed by atoms with Crippen LogP contribution in [0.1, 0.15) is 0 Å². The van der Waals surface area contributed by atoms with E-state index in [0.29, 0.717) is 0 Å². The van der Waals surface area contributed by atoms with Crippen LogP contribution in [0, 0.1) is 0 Å². The summed E-state index contributed by atoms with van der Waals surface area (Å²) in [7, 11) is 1.10. The largest absolute Gasteiger partial charge is 1.00 e. The molecule has 3 heterocycles. The van der Waals surface area contributed by atoms with Gasteiger partial charge in [0, 0.05) is 19.4 Å². The Morgan fingerprint density at radius 3 is 2.82 bits per heavy atom. The number of fused-ring (bicyclic) bond motifs is 1. The van der Waals surface area contributed by atoms with Gasteiger partial charge < -0.3 is 25.0 Å². The van der Waals surface area contributed by atoms with E-state index in [1.54, 1.807) is 0 Å². The number of rotatable bonds is 11. The number of tetrazole rings is 1. The van der Waals surface area contributed by atoms with E-state index in [1.165, 1.54) is 4.68 Å². The zero-order valence-electron chi connectivity index (χ0n) is 17.4. The third-order valence-electron chi connectivity index (χ3n) is 4.48. The summed E-state index contributed by atoms with van der Waals surface area (Å²) in [6.45, 7) is -0.641. The SMILES string of the molecule is CO[C@@]1(NC(=O)CSC(F)F)C(=O)N2C(C(=O)O)=C(CSc3nnnn3CC[O-])CO[C@@H]21.[Na+]. The minimum Gasteiger partial charge on any atom is -0.853 e. The van der Waals surface area contributed by atoms with Gasteiger partial charge >= 0.3 is 35.5 Å². The number of carbonyl (C=O) groups excluding carboxylic acids is 2. The fourth-order valence-electron chi connectivity index (χ4n) is 3.11. The summed E-state index contributed by atoms with van der Waals surface area (Å²) >= 11 is 1.11. The van der Waals surface area contributed by atoms with Crippen LogP contribution in [0.2, 0.25) is 0 Å². The molecule has 0 saturated carbocycles. The fraction of sp³-hybridized carbons (Fsp3) is 0.600. The molecule has 2 aliphatic heterocycles. The van der Waals surface area contributed by atoms with E-state index in [1.807, 2.05) is 0 Å². The van der Waals surface area contributed by atoms with Crippen LogP contribution in [0.4, 0.5) is 8.78 Å².